The minimum Gasteiger partial charge on any atom is -0.508 e. The van der Waals surface area contributed by atoms with Crippen LogP contribution in [0.25, 0.3) is 0 Å². The molecule has 0 bridgehead atoms. The quantitative estimate of drug-likeness (QED) is 0.531. The van der Waals surface area contributed by atoms with Crippen molar-refractivity contribution in [2.24, 2.45) is 0 Å². The van der Waals surface area contributed by atoms with E-state index >= 15 is 0 Å². The van der Waals surface area contributed by atoms with Crippen LogP contribution in [0.5, 0.6) is 5.75 Å². The molecule has 4 nitrogen and oxygen atoms in total. The van der Waals surface area contributed by atoms with Gasteiger partial charge in [0.25, 0.3) is 0 Å². The Balaban J connectivity index is 2.18. The number of phenolic OH excluding ortho intramolecular Hbond substituents is 1. The highest BCUT2D eigenvalue weighted by Crippen LogP contribution is 2.35. The van der Waals surface area contributed by atoms with Crippen LogP contribution in [-0.2, 0) is 0 Å². The van der Waals surface area contributed by atoms with E-state index in [0.717, 1.165) is 31.4 Å². The van der Waals surface area contributed by atoms with Crippen molar-refractivity contribution in [1.82, 2.24) is 4.90 Å². The van der Waals surface area contributed by atoms with Gasteiger partial charge >= 0.3 is 5.97 Å². The van der Waals surface area contributed by atoms with Crippen LogP contribution in [0.2, 0.25) is 0 Å². The van der Waals surface area contributed by atoms with Gasteiger partial charge in [-0.3, -0.25) is 4.90 Å². The van der Waals surface area contributed by atoms with Crippen molar-refractivity contribution in [1.29, 1.82) is 0 Å². The number of benzene rings is 2. The van der Waals surface area contributed by atoms with Gasteiger partial charge in [-0.05, 0) is 70.8 Å². The second kappa shape index (κ2) is 10.3. The molecule has 0 aromatic heterocycles. The van der Waals surface area contributed by atoms with Crippen LogP contribution in [-0.4, -0.2) is 39.7 Å². The molecule has 0 fully saturated rings. The molecule has 4 heteroatoms. The summed E-state index contributed by atoms with van der Waals surface area (Å²) < 4.78 is 0. The molecular formula is C24H33NO3. The highest BCUT2D eigenvalue weighted by Gasteiger charge is 2.20. The van der Waals surface area contributed by atoms with Gasteiger partial charge in [-0.1, -0.05) is 36.8 Å². The van der Waals surface area contributed by atoms with Crippen LogP contribution >= 0.6 is 0 Å². The Morgan fingerprint density at radius 3 is 2.18 bits per heavy atom. The minimum atomic E-state index is -0.974. The molecule has 0 saturated carbocycles. The molecule has 0 heterocycles. The van der Waals surface area contributed by atoms with Crippen molar-refractivity contribution in [3.63, 3.8) is 0 Å². The number of nitrogens with zero attached hydrogens (tertiary/aromatic N) is 1. The summed E-state index contributed by atoms with van der Waals surface area (Å²) in [6.07, 6.45) is 2.94. The number of hydrogen-bond donors (Lipinski definition) is 2. The van der Waals surface area contributed by atoms with E-state index in [1.54, 1.807) is 6.07 Å². The van der Waals surface area contributed by atoms with E-state index in [2.05, 4.69) is 32.6 Å². The lowest BCUT2D eigenvalue weighted by Crippen LogP contribution is -2.37. The molecule has 152 valence electrons. The number of unbranched alkanes of at least 4 members (excludes halogenated alkanes) is 1. The van der Waals surface area contributed by atoms with Crippen LogP contribution < -0.4 is 0 Å². The molecule has 2 rings (SSSR count). The van der Waals surface area contributed by atoms with E-state index in [9.17, 15) is 15.0 Å². The smallest absolute Gasteiger partial charge is 0.335 e. The lowest BCUT2D eigenvalue weighted by Gasteiger charge is -2.30. The summed E-state index contributed by atoms with van der Waals surface area (Å²) in [5, 5.41) is 19.8. The predicted molar refractivity (Wildman–Crippen MR) is 114 cm³/mol. The third kappa shape index (κ3) is 5.83. The van der Waals surface area contributed by atoms with Gasteiger partial charge in [0.05, 0.1) is 5.56 Å². The zero-order valence-corrected chi connectivity index (χ0v) is 17.4. The summed E-state index contributed by atoms with van der Waals surface area (Å²) in [5.74, 6) is -0.838. The lowest BCUT2D eigenvalue weighted by atomic mass is 9.85. The maximum Gasteiger partial charge on any atom is 0.335 e. The van der Waals surface area contributed by atoms with E-state index in [-0.39, 0.29) is 17.2 Å². The SMILES string of the molecule is CC(C)N(CCCC[C@H](c1ccccc1)c1cc(C(=O)O)ccc1O)C(C)C. The molecule has 0 aliphatic carbocycles. The number of phenols is 1. The normalized spacial score (nSPS) is 12.7. The summed E-state index contributed by atoms with van der Waals surface area (Å²) >= 11 is 0. The fourth-order valence-electron chi connectivity index (χ4n) is 3.91. The van der Waals surface area contributed by atoms with Gasteiger partial charge < -0.3 is 10.2 Å². The Bertz CT molecular complexity index is 748. The molecule has 0 spiro atoms. The fraction of sp³-hybridized carbons (Fsp3) is 0.458. The molecule has 2 N–H and O–H groups in total. The number of carbonyl (C=O) groups is 1. The van der Waals surface area contributed by atoms with Crippen molar-refractivity contribution in [3.8, 4) is 5.75 Å². The van der Waals surface area contributed by atoms with Gasteiger partial charge in [0.15, 0.2) is 0 Å². The first kappa shape index (κ1) is 22.0. The van der Waals surface area contributed by atoms with E-state index in [1.165, 1.54) is 12.1 Å². The summed E-state index contributed by atoms with van der Waals surface area (Å²) in [6.45, 7) is 9.94. The van der Waals surface area contributed by atoms with Crippen molar-refractivity contribution in [2.45, 2.75) is 65.0 Å². The summed E-state index contributed by atoms with van der Waals surface area (Å²) in [5.41, 5.74) is 2.00. The molecule has 2 aromatic rings. The molecule has 0 aliphatic rings. The third-order valence-electron chi connectivity index (χ3n) is 5.34. The number of hydrogen-bond acceptors (Lipinski definition) is 3. The van der Waals surface area contributed by atoms with Crippen LogP contribution in [0.15, 0.2) is 48.5 Å². The van der Waals surface area contributed by atoms with Crippen LogP contribution in [0.4, 0.5) is 0 Å². The molecule has 0 amide bonds. The zero-order valence-electron chi connectivity index (χ0n) is 17.4. The van der Waals surface area contributed by atoms with Gasteiger partial charge in [0.2, 0.25) is 0 Å². The van der Waals surface area contributed by atoms with Gasteiger partial charge in [-0.25, -0.2) is 4.79 Å². The minimum absolute atomic E-state index is 0.0213. The summed E-state index contributed by atoms with van der Waals surface area (Å²) in [6, 6.07) is 15.6. The number of aromatic carboxylic acids is 1. The molecule has 0 aliphatic heterocycles. The molecule has 28 heavy (non-hydrogen) atoms. The zero-order chi connectivity index (χ0) is 20.7. The lowest BCUT2D eigenvalue weighted by molar-refractivity contribution is 0.0696. The van der Waals surface area contributed by atoms with E-state index in [0.29, 0.717) is 17.6 Å². The van der Waals surface area contributed by atoms with Gasteiger partial charge in [0.1, 0.15) is 5.75 Å². The molecular weight excluding hydrogens is 350 g/mol. The van der Waals surface area contributed by atoms with Crippen LogP contribution in [0.1, 0.15) is 74.4 Å². The molecule has 1 atom stereocenters. The standard InChI is InChI=1S/C24H33NO3/c1-17(2)25(18(3)4)15-9-8-12-21(19-10-6-5-7-11-19)22-16-20(24(27)28)13-14-23(22)26/h5-7,10-11,13-14,16-18,21,26H,8-9,12,15H2,1-4H3,(H,27,28)/t21-/m1/s1. The molecule has 0 saturated heterocycles. The monoisotopic (exact) mass is 383 g/mol. The van der Waals surface area contributed by atoms with E-state index < -0.39 is 5.97 Å². The Morgan fingerprint density at radius 2 is 1.61 bits per heavy atom. The Hall–Kier alpha value is -2.33. The predicted octanol–water partition coefficient (Wildman–Crippen LogP) is 5.51. The van der Waals surface area contributed by atoms with Crippen molar-refractivity contribution in [2.75, 3.05) is 6.54 Å². The first-order valence-electron chi connectivity index (χ1n) is 10.2. The summed E-state index contributed by atoms with van der Waals surface area (Å²) in [4.78, 5) is 13.9. The third-order valence-corrected chi connectivity index (χ3v) is 5.34. The number of carboxylic acid groups (broad SMARTS) is 1. The summed E-state index contributed by atoms with van der Waals surface area (Å²) in [7, 11) is 0. The van der Waals surface area contributed by atoms with Gasteiger partial charge in [0, 0.05) is 23.6 Å². The van der Waals surface area contributed by atoms with Crippen LogP contribution in [0.3, 0.4) is 0 Å². The Kier molecular flexibility index (Phi) is 8.06. The molecule has 0 radical (unpaired) electrons. The molecule has 0 unspecified atom stereocenters. The van der Waals surface area contributed by atoms with Crippen molar-refractivity contribution >= 4 is 5.97 Å². The van der Waals surface area contributed by atoms with Gasteiger partial charge in [-0.2, -0.15) is 0 Å². The highest BCUT2D eigenvalue weighted by molar-refractivity contribution is 5.88. The first-order chi connectivity index (χ1) is 13.3. The first-order valence-corrected chi connectivity index (χ1v) is 10.2. The van der Waals surface area contributed by atoms with Crippen LogP contribution in [0, 0.1) is 0 Å². The van der Waals surface area contributed by atoms with Crippen molar-refractivity contribution < 1.29 is 15.0 Å². The van der Waals surface area contributed by atoms with Gasteiger partial charge in [-0.15, -0.1) is 0 Å². The highest BCUT2D eigenvalue weighted by atomic mass is 16.4. The largest absolute Gasteiger partial charge is 0.508 e. The maximum atomic E-state index is 11.4. The Morgan fingerprint density at radius 1 is 0.964 bits per heavy atom. The number of aromatic hydroxyl groups is 1. The fourth-order valence-corrected chi connectivity index (χ4v) is 3.91. The second-order valence-corrected chi connectivity index (χ2v) is 7.96. The molecule has 2 aromatic carbocycles. The van der Waals surface area contributed by atoms with Crippen molar-refractivity contribution in [3.05, 3.63) is 65.2 Å². The van der Waals surface area contributed by atoms with E-state index in [1.807, 2.05) is 30.3 Å². The second-order valence-electron chi connectivity index (χ2n) is 7.96. The average Bonchev–Trinajstić information content (AvgIpc) is 2.65. The number of rotatable bonds is 10. The topological polar surface area (TPSA) is 60.8 Å². The Labute approximate surface area is 168 Å². The maximum absolute atomic E-state index is 11.4. The number of carboxylic acids is 1. The van der Waals surface area contributed by atoms with E-state index in [4.69, 9.17) is 0 Å². The average molecular weight is 384 g/mol.